The summed E-state index contributed by atoms with van der Waals surface area (Å²) in [6.45, 7) is 9.53. The van der Waals surface area contributed by atoms with Gasteiger partial charge in [0.2, 0.25) is 0 Å². The molecule has 0 spiro atoms. The van der Waals surface area contributed by atoms with Gasteiger partial charge in [-0.15, -0.1) is 0 Å². The number of carbonyl (C=O) groups is 2. The minimum Gasteiger partial charge on any atom is -0.481 e. The fourth-order valence-electron chi connectivity index (χ4n) is 2.11. The first-order valence-electron chi connectivity index (χ1n) is 7.78. The van der Waals surface area contributed by atoms with Crippen LogP contribution in [0.15, 0.2) is 11.6 Å². The quantitative estimate of drug-likeness (QED) is 0.736. The fraction of sp³-hybridized carbons (Fsp3) is 0.750. The maximum atomic E-state index is 11.9. The van der Waals surface area contributed by atoms with Crippen molar-refractivity contribution in [1.82, 2.24) is 10.2 Å². The minimum absolute atomic E-state index is 0.167. The molecular weight excluding hydrogens is 284 g/mol. The van der Waals surface area contributed by atoms with Gasteiger partial charge >= 0.3 is 12.1 Å². The highest BCUT2D eigenvalue weighted by molar-refractivity contribution is 5.68. The molecule has 0 aliphatic carbocycles. The van der Waals surface area contributed by atoms with Crippen molar-refractivity contribution in [3.63, 3.8) is 0 Å². The lowest BCUT2D eigenvalue weighted by molar-refractivity contribution is -0.137. The molecule has 1 aliphatic rings. The van der Waals surface area contributed by atoms with Gasteiger partial charge in [0.15, 0.2) is 0 Å². The van der Waals surface area contributed by atoms with Crippen LogP contribution in [0.3, 0.4) is 0 Å². The van der Waals surface area contributed by atoms with Gasteiger partial charge in [0, 0.05) is 32.1 Å². The van der Waals surface area contributed by atoms with Gasteiger partial charge in [0.25, 0.3) is 0 Å². The summed E-state index contributed by atoms with van der Waals surface area (Å²) in [4.78, 5) is 24.2. The SMILES string of the molecule is CC(CCC(=O)O)NCC1=CCN(C(=O)OC(C)(C)C)CC1. The fourth-order valence-corrected chi connectivity index (χ4v) is 2.11. The summed E-state index contributed by atoms with van der Waals surface area (Å²) in [5.41, 5.74) is 0.782. The molecule has 0 aromatic carbocycles. The van der Waals surface area contributed by atoms with Crippen molar-refractivity contribution in [2.45, 2.75) is 58.6 Å². The summed E-state index contributed by atoms with van der Waals surface area (Å²) in [7, 11) is 0. The number of carboxylic acids is 1. The molecular formula is C16H28N2O4. The summed E-state index contributed by atoms with van der Waals surface area (Å²) in [6, 6.07) is 0.167. The molecule has 0 aromatic heterocycles. The molecule has 0 fully saturated rings. The predicted molar refractivity (Wildman–Crippen MR) is 84.8 cm³/mol. The van der Waals surface area contributed by atoms with Crippen LogP contribution in [0.4, 0.5) is 4.79 Å². The Morgan fingerprint density at radius 3 is 2.64 bits per heavy atom. The molecule has 0 saturated carbocycles. The smallest absolute Gasteiger partial charge is 0.410 e. The summed E-state index contributed by atoms with van der Waals surface area (Å²) in [5, 5.41) is 12.0. The van der Waals surface area contributed by atoms with Gasteiger partial charge in [0.1, 0.15) is 5.60 Å². The zero-order valence-corrected chi connectivity index (χ0v) is 14.0. The second-order valence-electron chi connectivity index (χ2n) is 6.75. The summed E-state index contributed by atoms with van der Waals surface area (Å²) in [5.74, 6) is -0.765. The first kappa shape index (κ1) is 18.5. The van der Waals surface area contributed by atoms with E-state index in [2.05, 4.69) is 5.32 Å². The van der Waals surface area contributed by atoms with Crippen molar-refractivity contribution in [3.05, 3.63) is 11.6 Å². The van der Waals surface area contributed by atoms with Gasteiger partial charge in [-0.3, -0.25) is 4.79 Å². The number of amides is 1. The molecule has 0 aromatic rings. The van der Waals surface area contributed by atoms with E-state index in [1.807, 2.05) is 33.8 Å². The van der Waals surface area contributed by atoms with Crippen LogP contribution in [-0.2, 0) is 9.53 Å². The normalized spacial score (nSPS) is 16.9. The number of nitrogens with one attached hydrogen (secondary N) is 1. The molecule has 1 amide bonds. The highest BCUT2D eigenvalue weighted by Gasteiger charge is 2.23. The summed E-state index contributed by atoms with van der Waals surface area (Å²) in [6.07, 6.45) is 3.39. The second-order valence-corrected chi connectivity index (χ2v) is 6.75. The molecule has 0 saturated heterocycles. The number of aliphatic carboxylic acids is 1. The van der Waals surface area contributed by atoms with E-state index in [-0.39, 0.29) is 18.6 Å². The van der Waals surface area contributed by atoms with E-state index in [0.717, 1.165) is 13.0 Å². The van der Waals surface area contributed by atoms with E-state index < -0.39 is 11.6 Å². The zero-order chi connectivity index (χ0) is 16.8. The van der Waals surface area contributed by atoms with E-state index in [1.165, 1.54) is 5.57 Å². The Balaban J connectivity index is 2.32. The standard InChI is InChI=1S/C16H28N2O4/c1-12(5-6-14(19)20)17-11-13-7-9-18(10-8-13)15(21)22-16(2,3)4/h7,12,17H,5-6,8-11H2,1-4H3,(H,19,20). The van der Waals surface area contributed by atoms with Crippen molar-refractivity contribution in [2.75, 3.05) is 19.6 Å². The Morgan fingerprint density at radius 2 is 2.14 bits per heavy atom. The molecule has 6 nitrogen and oxygen atoms in total. The van der Waals surface area contributed by atoms with Gasteiger partial charge < -0.3 is 20.1 Å². The average molecular weight is 312 g/mol. The third-order valence-electron chi connectivity index (χ3n) is 3.42. The number of ether oxygens (including phenoxy) is 1. The van der Waals surface area contributed by atoms with E-state index in [1.54, 1.807) is 4.90 Å². The first-order valence-corrected chi connectivity index (χ1v) is 7.78. The second kappa shape index (κ2) is 8.17. The number of hydrogen-bond acceptors (Lipinski definition) is 4. The Hall–Kier alpha value is -1.56. The third kappa shape index (κ3) is 7.45. The van der Waals surface area contributed by atoms with Gasteiger partial charge in [-0.1, -0.05) is 11.6 Å². The lowest BCUT2D eigenvalue weighted by Gasteiger charge is -2.30. The van der Waals surface area contributed by atoms with Crippen LogP contribution < -0.4 is 5.32 Å². The number of carboxylic acid groups (broad SMARTS) is 1. The Labute approximate surface area is 132 Å². The maximum absolute atomic E-state index is 11.9. The Kier molecular flexibility index (Phi) is 6.87. The van der Waals surface area contributed by atoms with E-state index >= 15 is 0 Å². The Morgan fingerprint density at radius 1 is 1.45 bits per heavy atom. The molecule has 1 rings (SSSR count). The molecule has 0 bridgehead atoms. The molecule has 1 atom stereocenters. The van der Waals surface area contributed by atoms with Crippen LogP contribution in [-0.4, -0.2) is 53.3 Å². The highest BCUT2D eigenvalue weighted by atomic mass is 16.6. The van der Waals surface area contributed by atoms with Crippen molar-refractivity contribution in [1.29, 1.82) is 0 Å². The van der Waals surface area contributed by atoms with Crippen LogP contribution in [0.1, 0.15) is 47.0 Å². The van der Waals surface area contributed by atoms with E-state index in [4.69, 9.17) is 9.84 Å². The van der Waals surface area contributed by atoms with Gasteiger partial charge in [0.05, 0.1) is 0 Å². The highest BCUT2D eigenvalue weighted by Crippen LogP contribution is 2.15. The first-order chi connectivity index (χ1) is 10.2. The van der Waals surface area contributed by atoms with Crippen molar-refractivity contribution >= 4 is 12.1 Å². The molecule has 1 unspecified atom stereocenters. The Bertz CT molecular complexity index is 426. The molecule has 126 valence electrons. The summed E-state index contributed by atoms with van der Waals surface area (Å²) < 4.78 is 5.35. The van der Waals surface area contributed by atoms with Crippen LogP contribution in [0, 0.1) is 0 Å². The number of carbonyl (C=O) groups excluding carboxylic acids is 1. The monoisotopic (exact) mass is 312 g/mol. The topological polar surface area (TPSA) is 78.9 Å². The van der Waals surface area contributed by atoms with Gasteiger partial charge in [-0.25, -0.2) is 4.79 Å². The summed E-state index contributed by atoms with van der Waals surface area (Å²) >= 11 is 0. The van der Waals surface area contributed by atoms with Gasteiger partial charge in [-0.2, -0.15) is 0 Å². The molecule has 2 N–H and O–H groups in total. The number of nitrogens with zero attached hydrogens (tertiary/aromatic N) is 1. The van der Waals surface area contributed by atoms with Crippen molar-refractivity contribution < 1.29 is 19.4 Å². The minimum atomic E-state index is -0.765. The van der Waals surface area contributed by atoms with Crippen LogP contribution in [0.5, 0.6) is 0 Å². The number of hydrogen-bond donors (Lipinski definition) is 2. The maximum Gasteiger partial charge on any atom is 0.410 e. The largest absolute Gasteiger partial charge is 0.481 e. The van der Waals surface area contributed by atoms with E-state index in [0.29, 0.717) is 19.5 Å². The van der Waals surface area contributed by atoms with Gasteiger partial charge in [-0.05, 0) is 40.5 Å². The lowest BCUT2D eigenvalue weighted by Crippen LogP contribution is -2.40. The molecule has 6 heteroatoms. The molecule has 1 heterocycles. The van der Waals surface area contributed by atoms with Crippen LogP contribution in [0.25, 0.3) is 0 Å². The molecule has 22 heavy (non-hydrogen) atoms. The predicted octanol–water partition coefficient (Wildman–Crippen LogP) is 2.40. The van der Waals surface area contributed by atoms with Crippen LogP contribution in [0.2, 0.25) is 0 Å². The van der Waals surface area contributed by atoms with Crippen LogP contribution >= 0.6 is 0 Å². The third-order valence-corrected chi connectivity index (χ3v) is 3.42. The molecule has 1 aliphatic heterocycles. The zero-order valence-electron chi connectivity index (χ0n) is 14.0. The average Bonchev–Trinajstić information content (AvgIpc) is 2.41. The van der Waals surface area contributed by atoms with Crippen molar-refractivity contribution in [3.8, 4) is 0 Å². The lowest BCUT2D eigenvalue weighted by atomic mass is 10.1. The molecule has 0 radical (unpaired) electrons. The van der Waals surface area contributed by atoms with E-state index in [9.17, 15) is 9.59 Å². The van der Waals surface area contributed by atoms with Crippen molar-refractivity contribution in [2.24, 2.45) is 0 Å². The number of rotatable bonds is 6.